The molecule has 0 aliphatic rings. The quantitative estimate of drug-likeness (QED) is 0.462. The highest BCUT2D eigenvalue weighted by Crippen LogP contribution is 2.22. The van der Waals surface area contributed by atoms with Crippen LogP contribution in [0.1, 0.15) is 12.6 Å². The van der Waals surface area contributed by atoms with Gasteiger partial charge in [0.1, 0.15) is 6.42 Å². The van der Waals surface area contributed by atoms with Gasteiger partial charge in [0.15, 0.2) is 5.69 Å². The Balaban J connectivity index is 2.87. The molecule has 0 saturated heterocycles. The van der Waals surface area contributed by atoms with Crippen molar-refractivity contribution in [2.75, 3.05) is 6.61 Å². The molecule has 1 aromatic rings. The minimum absolute atomic E-state index is 0.158. The van der Waals surface area contributed by atoms with Crippen LogP contribution in [-0.2, 0) is 16.0 Å². The molecule has 0 spiro atoms. The normalized spacial score (nSPS) is 9.81. The molecule has 7 nitrogen and oxygen atoms in total. The fourth-order valence-electron chi connectivity index (χ4n) is 1.07. The van der Waals surface area contributed by atoms with Gasteiger partial charge >= 0.3 is 11.8 Å². The third kappa shape index (κ3) is 2.91. The summed E-state index contributed by atoms with van der Waals surface area (Å²) in [6, 6.07) is 2.46. The van der Waals surface area contributed by atoms with Gasteiger partial charge in [-0.15, -0.1) is 0 Å². The van der Waals surface area contributed by atoms with Crippen molar-refractivity contribution in [2.24, 2.45) is 0 Å². The number of carbonyl (C=O) groups is 1. The fraction of sp³-hybridized carbons (Fsp3) is 0.333. The van der Waals surface area contributed by atoms with E-state index in [2.05, 4.69) is 9.72 Å². The SMILES string of the molecule is CCOC(=O)Cc1ccc(O)c([N+](=O)[O-])n1. The molecule has 1 aromatic heterocycles. The number of aromatic hydroxyl groups is 1. The monoisotopic (exact) mass is 226 g/mol. The summed E-state index contributed by atoms with van der Waals surface area (Å²) >= 11 is 0. The zero-order valence-electron chi connectivity index (χ0n) is 8.54. The van der Waals surface area contributed by atoms with E-state index in [1.165, 1.54) is 6.07 Å². The summed E-state index contributed by atoms with van der Waals surface area (Å²) in [5, 5.41) is 19.6. The summed E-state index contributed by atoms with van der Waals surface area (Å²) in [5.74, 6) is -1.71. The van der Waals surface area contributed by atoms with Crippen LogP contribution in [0.25, 0.3) is 0 Å². The molecule has 1 rings (SSSR count). The Morgan fingerprint density at radius 2 is 2.31 bits per heavy atom. The van der Waals surface area contributed by atoms with Crippen LogP contribution < -0.4 is 0 Å². The standard InChI is InChI=1S/C9H10N2O5/c1-2-16-8(13)5-6-3-4-7(12)9(10-6)11(14)15/h3-4,12H,2,5H2,1H3. The maximum atomic E-state index is 11.1. The Bertz CT molecular complexity index is 418. The van der Waals surface area contributed by atoms with Crippen LogP contribution in [0.2, 0.25) is 0 Å². The lowest BCUT2D eigenvalue weighted by Gasteiger charge is -1.99. The highest BCUT2D eigenvalue weighted by molar-refractivity contribution is 5.72. The number of ether oxygens (including phenoxy) is 1. The van der Waals surface area contributed by atoms with Crippen LogP contribution in [0.5, 0.6) is 5.75 Å². The third-order valence-corrected chi connectivity index (χ3v) is 1.72. The summed E-state index contributed by atoms with van der Waals surface area (Å²) < 4.78 is 4.67. The van der Waals surface area contributed by atoms with Crippen molar-refractivity contribution >= 4 is 11.8 Å². The molecule has 0 atom stereocenters. The lowest BCUT2D eigenvalue weighted by atomic mass is 10.2. The first kappa shape index (κ1) is 11.9. The lowest BCUT2D eigenvalue weighted by molar-refractivity contribution is -0.390. The minimum atomic E-state index is -0.815. The fourth-order valence-corrected chi connectivity index (χ4v) is 1.07. The number of hydrogen-bond donors (Lipinski definition) is 1. The maximum Gasteiger partial charge on any atom is 0.406 e. The van der Waals surface area contributed by atoms with Crippen LogP contribution in [-0.4, -0.2) is 27.6 Å². The zero-order chi connectivity index (χ0) is 12.1. The van der Waals surface area contributed by atoms with Crippen molar-refractivity contribution in [1.29, 1.82) is 0 Å². The molecule has 0 unspecified atom stereocenters. The van der Waals surface area contributed by atoms with Crippen LogP contribution in [0, 0.1) is 10.1 Å². The van der Waals surface area contributed by atoms with Gasteiger partial charge in [-0.1, -0.05) is 0 Å². The summed E-state index contributed by atoms with van der Waals surface area (Å²) in [7, 11) is 0. The van der Waals surface area contributed by atoms with Gasteiger partial charge in [-0.25, -0.2) is 0 Å². The van der Waals surface area contributed by atoms with E-state index in [1.54, 1.807) is 6.92 Å². The summed E-state index contributed by atoms with van der Waals surface area (Å²) in [6.07, 6.45) is -0.158. The van der Waals surface area contributed by atoms with Gasteiger partial charge in [-0.05, 0) is 29.0 Å². The first-order chi connectivity index (χ1) is 7.54. The molecule has 0 saturated carbocycles. The Morgan fingerprint density at radius 1 is 1.62 bits per heavy atom. The summed E-state index contributed by atoms with van der Waals surface area (Å²) in [6.45, 7) is 1.89. The van der Waals surface area contributed by atoms with Gasteiger partial charge in [-0.3, -0.25) is 4.79 Å². The summed E-state index contributed by atoms with van der Waals surface area (Å²) in [4.78, 5) is 24.3. The van der Waals surface area contributed by atoms with Gasteiger partial charge in [0.25, 0.3) is 0 Å². The molecule has 0 bridgehead atoms. The van der Waals surface area contributed by atoms with Crippen molar-refractivity contribution in [1.82, 2.24) is 4.98 Å². The van der Waals surface area contributed by atoms with Crippen molar-refractivity contribution in [2.45, 2.75) is 13.3 Å². The van der Waals surface area contributed by atoms with Gasteiger partial charge in [-0.2, -0.15) is 0 Å². The Kier molecular flexibility index (Phi) is 3.76. The molecular weight excluding hydrogens is 216 g/mol. The average Bonchev–Trinajstić information content (AvgIpc) is 2.21. The molecule has 0 fully saturated rings. The first-order valence-electron chi connectivity index (χ1n) is 4.53. The predicted octanol–water partition coefficient (Wildman–Crippen LogP) is 0.801. The van der Waals surface area contributed by atoms with Gasteiger partial charge < -0.3 is 20.0 Å². The van der Waals surface area contributed by atoms with Crippen LogP contribution in [0.3, 0.4) is 0 Å². The van der Waals surface area contributed by atoms with E-state index in [9.17, 15) is 14.9 Å². The largest absolute Gasteiger partial charge is 0.501 e. The minimum Gasteiger partial charge on any atom is -0.501 e. The van der Waals surface area contributed by atoms with E-state index in [0.29, 0.717) is 0 Å². The molecule has 0 radical (unpaired) electrons. The molecule has 0 aliphatic carbocycles. The van der Waals surface area contributed by atoms with Crippen molar-refractivity contribution in [3.05, 3.63) is 27.9 Å². The summed E-state index contributed by atoms with van der Waals surface area (Å²) in [5.41, 5.74) is 0.183. The van der Waals surface area contributed by atoms with Crippen molar-refractivity contribution in [3.8, 4) is 5.75 Å². The third-order valence-electron chi connectivity index (χ3n) is 1.72. The second kappa shape index (κ2) is 5.06. The van der Waals surface area contributed by atoms with Crippen LogP contribution >= 0.6 is 0 Å². The van der Waals surface area contributed by atoms with Crippen LogP contribution in [0.15, 0.2) is 12.1 Å². The van der Waals surface area contributed by atoms with Crippen molar-refractivity contribution < 1.29 is 19.6 Å². The molecule has 7 heteroatoms. The first-order valence-corrected chi connectivity index (χ1v) is 4.53. The Labute approximate surface area is 90.8 Å². The smallest absolute Gasteiger partial charge is 0.406 e. The van der Waals surface area contributed by atoms with Gasteiger partial charge in [0.05, 0.1) is 6.61 Å². The average molecular weight is 226 g/mol. The molecule has 16 heavy (non-hydrogen) atoms. The van der Waals surface area contributed by atoms with Crippen molar-refractivity contribution in [3.63, 3.8) is 0 Å². The second-order valence-electron chi connectivity index (χ2n) is 2.88. The second-order valence-corrected chi connectivity index (χ2v) is 2.88. The molecule has 0 amide bonds. The number of esters is 1. The highest BCUT2D eigenvalue weighted by Gasteiger charge is 2.18. The van der Waals surface area contributed by atoms with E-state index >= 15 is 0 Å². The predicted molar refractivity (Wildman–Crippen MR) is 52.9 cm³/mol. The molecule has 1 heterocycles. The topological polar surface area (TPSA) is 103 Å². The number of carbonyl (C=O) groups excluding carboxylic acids is 1. The lowest BCUT2D eigenvalue weighted by Crippen LogP contribution is -2.09. The van der Waals surface area contributed by atoms with E-state index < -0.39 is 22.5 Å². The molecule has 0 aliphatic heterocycles. The zero-order valence-corrected chi connectivity index (χ0v) is 8.54. The Hall–Kier alpha value is -2.18. The number of rotatable bonds is 4. The van der Waals surface area contributed by atoms with E-state index in [-0.39, 0.29) is 18.7 Å². The number of nitro groups is 1. The van der Waals surface area contributed by atoms with E-state index in [4.69, 9.17) is 5.11 Å². The number of aromatic nitrogens is 1. The van der Waals surface area contributed by atoms with Gasteiger partial charge in [0, 0.05) is 0 Å². The van der Waals surface area contributed by atoms with Gasteiger partial charge in [0.2, 0.25) is 5.75 Å². The number of pyridine rings is 1. The number of nitrogens with zero attached hydrogens (tertiary/aromatic N) is 2. The molecule has 86 valence electrons. The highest BCUT2D eigenvalue weighted by atomic mass is 16.6. The molecule has 0 aromatic carbocycles. The maximum absolute atomic E-state index is 11.1. The van der Waals surface area contributed by atoms with E-state index in [0.717, 1.165) is 6.07 Å². The van der Waals surface area contributed by atoms with Crippen LogP contribution in [0.4, 0.5) is 5.82 Å². The molecular formula is C9H10N2O5. The van der Waals surface area contributed by atoms with E-state index in [1.807, 2.05) is 0 Å². The molecule has 1 N–H and O–H groups in total. The number of hydrogen-bond acceptors (Lipinski definition) is 6. The Morgan fingerprint density at radius 3 is 2.88 bits per heavy atom.